The molecule has 2 atom stereocenters. The van der Waals surface area contributed by atoms with Crippen LogP contribution in [0, 0.1) is 5.82 Å². The zero-order valence-corrected chi connectivity index (χ0v) is 22.9. The first-order chi connectivity index (χ1) is 20.0. The van der Waals surface area contributed by atoms with E-state index in [0.29, 0.717) is 17.7 Å². The van der Waals surface area contributed by atoms with Crippen molar-refractivity contribution < 1.29 is 48.3 Å². The van der Waals surface area contributed by atoms with Gasteiger partial charge in [0, 0.05) is 18.3 Å². The normalized spacial score (nSPS) is 21.2. The number of halogens is 8. The van der Waals surface area contributed by atoms with Crippen molar-refractivity contribution in [3.63, 3.8) is 0 Å². The number of likely N-dealkylation sites (tertiary alicyclic amines) is 1. The topological polar surface area (TPSA) is 80.2 Å². The summed E-state index contributed by atoms with van der Waals surface area (Å²) in [6.07, 6.45) is -10.5. The molecule has 2 aromatic carbocycles. The molecule has 1 fully saturated rings. The van der Waals surface area contributed by atoms with Crippen LogP contribution in [-0.2, 0) is 37.9 Å². The number of aryl methyl sites for hydroxylation is 1. The van der Waals surface area contributed by atoms with Crippen molar-refractivity contribution in [2.75, 3.05) is 6.54 Å². The molecule has 1 amide bonds. The molecule has 15 heteroatoms. The maximum Gasteiger partial charge on any atom is 0.435 e. The highest BCUT2D eigenvalue weighted by atomic mass is 32.2. The lowest BCUT2D eigenvalue weighted by molar-refractivity contribution is -0.348. The average molecular weight is 634 g/mol. The van der Waals surface area contributed by atoms with Crippen LogP contribution in [0.2, 0.25) is 0 Å². The van der Waals surface area contributed by atoms with Crippen LogP contribution in [-0.4, -0.2) is 54.4 Å². The fraction of sp³-hybridized carbons (Fsp3) is 0.393. The highest BCUT2D eigenvalue weighted by Gasteiger charge is 2.73. The maximum atomic E-state index is 15.0. The Bertz CT molecular complexity index is 1620. The van der Waals surface area contributed by atoms with Crippen LogP contribution in [0.1, 0.15) is 41.5 Å². The molecule has 0 saturated carbocycles. The van der Waals surface area contributed by atoms with E-state index in [1.807, 2.05) is 0 Å². The number of carbonyl (C=O) groups excluding carboxylic acids is 1. The van der Waals surface area contributed by atoms with Gasteiger partial charge in [-0.05, 0) is 72.7 Å². The molecule has 6 nitrogen and oxygen atoms in total. The molecule has 0 spiro atoms. The fourth-order valence-corrected chi connectivity index (χ4v) is 8.61. The Balaban J connectivity index is 1.70. The number of hydrogen-bond donors (Lipinski definition) is 0. The molecule has 0 bridgehead atoms. The van der Waals surface area contributed by atoms with Crippen molar-refractivity contribution in [1.29, 1.82) is 0 Å². The van der Waals surface area contributed by atoms with Crippen LogP contribution in [0.5, 0.6) is 0 Å². The van der Waals surface area contributed by atoms with Gasteiger partial charge in [-0.2, -0.15) is 36.5 Å². The molecule has 3 aromatic rings. The van der Waals surface area contributed by atoms with Crippen molar-refractivity contribution in [2.45, 2.75) is 65.8 Å². The summed E-state index contributed by atoms with van der Waals surface area (Å²) in [6.45, 7) is -0.109. The number of alkyl halides is 7. The summed E-state index contributed by atoms with van der Waals surface area (Å²) in [5.74, 6) is -1.22. The second-order valence-electron chi connectivity index (χ2n) is 10.5. The first-order valence-corrected chi connectivity index (χ1v) is 14.5. The second kappa shape index (κ2) is 10.5. The number of aromatic nitrogens is 2. The predicted octanol–water partition coefficient (Wildman–Crippen LogP) is 5.75. The van der Waals surface area contributed by atoms with E-state index in [-0.39, 0.29) is 54.7 Å². The first kappa shape index (κ1) is 30.8. The van der Waals surface area contributed by atoms with E-state index in [9.17, 15) is 43.9 Å². The molecule has 0 N–H and O–H groups in total. The van der Waals surface area contributed by atoms with E-state index in [0.717, 1.165) is 30.3 Å². The minimum absolute atomic E-state index is 0.0179. The minimum Gasteiger partial charge on any atom is -0.337 e. The van der Waals surface area contributed by atoms with E-state index in [4.69, 9.17) is 0 Å². The van der Waals surface area contributed by atoms with Crippen LogP contribution in [0.4, 0.5) is 35.1 Å². The SMILES string of the molecule is O=C(Cc1ccnnc1)N1CC[C@@]2(S(=O)(=O)c3ccc(F)cc3)c3ccc(C(F)(C(F)(F)F)C(F)(F)F)cc3CCC[C@@H]12. The van der Waals surface area contributed by atoms with Crippen LogP contribution in [0.3, 0.4) is 0 Å². The van der Waals surface area contributed by atoms with E-state index < -0.39 is 55.9 Å². The molecule has 1 aliphatic carbocycles. The molecule has 1 aliphatic heterocycles. The molecule has 230 valence electrons. The summed E-state index contributed by atoms with van der Waals surface area (Å²) >= 11 is 0. The molecule has 2 heterocycles. The van der Waals surface area contributed by atoms with Crippen molar-refractivity contribution in [2.24, 2.45) is 0 Å². The zero-order valence-electron chi connectivity index (χ0n) is 22.1. The van der Waals surface area contributed by atoms with Crippen LogP contribution < -0.4 is 0 Å². The van der Waals surface area contributed by atoms with Gasteiger partial charge >= 0.3 is 18.0 Å². The Hall–Kier alpha value is -3.62. The Kier molecular flexibility index (Phi) is 7.55. The molecule has 43 heavy (non-hydrogen) atoms. The van der Waals surface area contributed by atoms with E-state index in [1.165, 1.54) is 23.4 Å². The summed E-state index contributed by atoms with van der Waals surface area (Å²) < 4.78 is 137. The molecular formula is C28H23F8N3O3S. The molecule has 5 rings (SSSR count). The fourth-order valence-electron chi connectivity index (χ4n) is 6.25. The largest absolute Gasteiger partial charge is 0.435 e. The quantitative estimate of drug-likeness (QED) is 0.264. The summed E-state index contributed by atoms with van der Waals surface area (Å²) in [6, 6.07) is 5.78. The Labute approximate surface area is 240 Å². The number of rotatable bonds is 5. The number of carbonyl (C=O) groups is 1. The highest BCUT2D eigenvalue weighted by Crippen LogP contribution is 2.56. The molecule has 1 aromatic heterocycles. The Morgan fingerprint density at radius 3 is 2.23 bits per heavy atom. The lowest BCUT2D eigenvalue weighted by atomic mass is 9.84. The van der Waals surface area contributed by atoms with E-state index >= 15 is 4.39 Å². The summed E-state index contributed by atoms with van der Waals surface area (Å²) in [5.41, 5.74) is -7.30. The van der Waals surface area contributed by atoms with E-state index in [2.05, 4.69) is 10.2 Å². The van der Waals surface area contributed by atoms with Crippen LogP contribution in [0.15, 0.2) is 65.8 Å². The monoisotopic (exact) mass is 633 g/mol. The van der Waals surface area contributed by atoms with Gasteiger partial charge in [0.2, 0.25) is 5.91 Å². The van der Waals surface area contributed by atoms with E-state index in [1.54, 1.807) is 0 Å². The summed E-state index contributed by atoms with van der Waals surface area (Å²) in [7, 11) is -4.58. The summed E-state index contributed by atoms with van der Waals surface area (Å²) in [4.78, 5) is 14.5. The summed E-state index contributed by atoms with van der Waals surface area (Å²) in [5, 5.41) is 7.36. The highest BCUT2D eigenvalue weighted by molar-refractivity contribution is 7.92. The first-order valence-electron chi connectivity index (χ1n) is 13.1. The van der Waals surface area contributed by atoms with Crippen molar-refractivity contribution in [3.05, 3.63) is 89.0 Å². The van der Waals surface area contributed by atoms with Gasteiger partial charge in [-0.15, -0.1) is 0 Å². The zero-order chi connectivity index (χ0) is 31.4. The van der Waals surface area contributed by atoms with Crippen molar-refractivity contribution in [3.8, 4) is 0 Å². The molecule has 0 unspecified atom stereocenters. The molecular weight excluding hydrogens is 610 g/mol. The van der Waals surface area contributed by atoms with Gasteiger partial charge in [0.1, 0.15) is 10.6 Å². The van der Waals surface area contributed by atoms with Crippen LogP contribution >= 0.6 is 0 Å². The standard InChI is InChI=1S/C28H23F8N3O3S/c29-20-5-7-21(8-6-20)43(41,42)25-11-13-39(24(40)14-17-10-12-37-38-16-17)23(25)3-1-2-18-15-19(4-9-22(18)25)26(30,27(31,32)33)28(34,35)36/h4-10,12,15-16,23H,1-3,11,13-14H2/t23-,25-/m1/s1. The Morgan fingerprint density at radius 1 is 0.953 bits per heavy atom. The number of nitrogens with zero attached hydrogens (tertiary/aromatic N) is 3. The van der Waals surface area contributed by atoms with Gasteiger partial charge in [0.05, 0.1) is 23.6 Å². The van der Waals surface area contributed by atoms with Gasteiger partial charge in [0.15, 0.2) is 9.84 Å². The third-order valence-corrected chi connectivity index (χ3v) is 10.8. The number of sulfone groups is 1. The van der Waals surface area contributed by atoms with Crippen molar-refractivity contribution >= 4 is 15.7 Å². The van der Waals surface area contributed by atoms with Gasteiger partial charge in [-0.1, -0.05) is 18.2 Å². The predicted molar refractivity (Wildman–Crippen MR) is 135 cm³/mol. The smallest absolute Gasteiger partial charge is 0.337 e. The lowest BCUT2D eigenvalue weighted by Gasteiger charge is -2.38. The van der Waals surface area contributed by atoms with Crippen LogP contribution in [0.25, 0.3) is 0 Å². The molecule has 2 aliphatic rings. The van der Waals surface area contributed by atoms with Gasteiger partial charge in [-0.3, -0.25) is 4.79 Å². The maximum absolute atomic E-state index is 15.0. The van der Waals surface area contributed by atoms with Gasteiger partial charge < -0.3 is 4.90 Å². The third kappa shape index (κ3) is 4.85. The second-order valence-corrected chi connectivity index (χ2v) is 12.8. The molecule has 0 radical (unpaired) electrons. The lowest BCUT2D eigenvalue weighted by Crippen LogP contribution is -2.51. The van der Waals surface area contributed by atoms with Gasteiger partial charge in [0.25, 0.3) is 0 Å². The average Bonchev–Trinajstić information content (AvgIpc) is 3.25. The molecule has 1 saturated heterocycles. The Morgan fingerprint density at radius 2 is 1.63 bits per heavy atom. The third-order valence-electron chi connectivity index (χ3n) is 8.23. The number of fused-ring (bicyclic) bond motifs is 3. The van der Waals surface area contributed by atoms with Crippen molar-refractivity contribution in [1.82, 2.24) is 15.1 Å². The number of hydrogen-bond acceptors (Lipinski definition) is 5. The van der Waals surface area contributed by atoms with Gasteiger partial charge in [-0.25, -0.2) is 17.2 Å². The number of amides is 1. The number of benzene rings is 2. The minimum atomic E-state index is -6.36.